The fourth-order valence-electron chi connectivity index (χ4n) is 2.92. The molecule has 24 heavy (non-hydrogen) atoms. The van der Waals surface area contributed by atoms with Gasteiger partial charge in [0.25, 0.3) is 0 Å². The van der Waals surface area contributed by atoms with Crippen LogP contribution in [0.4, 0.5) is 11.4 Å². The molecule has 0 aromatic heterocycles. The van der Waals surface area contributed by atoms with Gasteiger partial charge in [-0.25, -0.2) is 8.42 Å². The van der Waals surface area contributed by atoms with Gasteiger partial charge in [0.05, 0.1) is 11.9 Å². The van der Waals surface area contributed by atoms with Crippen LogP contribution in [0.2, 0.25) is 0 Å². The van der Waals surface area contributed by atoms with Crippen molar-refractivity contribution >= 4 is 38.7 Å². The first-order chi connectivity index (χ1) is 11.4. The molecule has 0 amide bonds. The zero-order chi connectivity index (χ0) is 17.6. The maximum Gasteiger partial charge on any atom is 0.231 e. The molecule has 1 aromatic carbocycles. The SMILES string of the molecule is CN(c1cccc(NC(=S)NC2CCCCCCC2)c1)S(C)(=O)=O. The lowest BCUT2D eigenvalue weighted by atomic mass is 9.97. The summed E-state index contributed by atoms with van der Waals surface area (Å²) in [6, 6.07) is 7.67. The van der Waals surface area contributed by atoms with Crippen molar-refractivity contribution in [1.82, 2.24) is 5.32 Å². The third-order valence-electron chi connectivity index (χ3n) is 4.41. The minimum absolute atomic E-state index is 0.423. The molecule has 1 aliphatic carbocycles. The van der Waals surface area contributed by atoms with E-state index in [-0.39, 0.29) is 0 Å². The largest absolute Gasteiger partial charge is 0.360 e. The zero-order valence-corrected chi connectivity index (χ0v) is 16.0. The zero-order valence-electron chi connectivity index (χ0n) is 14.4. The molecule has 0 atom stereocenters. The Kier molecular flexibility index (Phi) is 6.86. The lowest BCUT2D eigenvalue weighted by Crippen LogP contribution is -2.38. The quantitative estimate of drug-likeness (QED) is 0.796. The van der Waals surface area contributed by atoms with E-state index in [9.17, 15) is 8.42 Å². The van der Waals surface area contributed by atoms with Gasteiger partial charge in [0.15, 0.2) is 5.11 Å². The first kappa shape index (κ1) is 19.0. The van der Waals surface area contributed by atoms with Crippen LogP contribution in [-0.2, 0) is 10.0 Å². The molecule has 0 aliphatic heterocycles. The van der Waals surface area contributed by atoms with Crippen molar-refractivity contribution in [2.45, 2.75) is 51.0 Å². The molecular weight excluding hydrogens is 342 g/mol. The number of nitrogens with zero attached hydrogens (tertiary/aromatic N) is 1. The summed E-state index contributed by atoms with van der Waals surface area (Å²) in [5, 5.41) is 7.17. The summed E-state index contributed by atoms with van der Waals surface area (Å²) in [5.74, 6) is 0. The van der Waals surface area contributed by atoms with Crippen LogP contribution in [0.3, 0.4) is 0 Å². The molecule has 0 bridgehead atoms. The standard InChI is InChI=1S/C17H27N3O2S2/c1-20(24(2,21)22)16-12-8-11-15(13-16)19-17(23)18-14-9-6-4-3-5-7-10-14/h8,11-14H,3-7,9-10H2,1-2H3,(H2,18,19,23). The van der Waals surface area contributed by atoms with Crippen LogP contribution in [0.15, 0.2) is 24.3 Å². The third kappa shape index (κ3) is 5.94. The topological polar surface area (TPSA) is 61.4 Å². The van der Waals surface area contributed by atoms with Gasteiger partial charge in [0.2, 0.25) is 10.0 Å². The van der Waals surface area contributed by atoms with E-state index in [1.807, 2.05) is 12.1 Å². The molecule has 1 fully saturated rings. The number of nitrogens with one attached hydrogen (secondary N) is 2. The number of hydrogen-bond acceptors (Lipinski definition) is 3. The van der Waals surface area contributed by atoms with Crippen molar-refractivity contribution in [3.05, 3.63) is 24.3 Å². The molecule has 0 heterocycles. The van der Waals surface area contributed by atoms with Gasteiger partial charge >= 0.3 is 0 Å². The normalized spacial score (nSPS) is 16.8. The second-order valence-corrected chi connectivity index (χ2v) is 8.84. The van der Waals surface area contributed by atoms with E-state index < -0.39 is 10.0 Å². The molecule has 1 aliphatic rings. The minimum Gasteiger partial charge on any atom is -0.360 e. The van der Waals surface area contributed by atoms with Crippen molar-refractivity contribution in [3.8, 4) is 0 Å². The van der Waals surface area contributed by atoms with Crippen LogP contribution >= 0.6 is 12.2 Å². The summed E-state index contributed by atoms with van der Waals surface area (Å²) >= 11 is 5.42. The molecule has 2 rings (SSSR count). The van der Waals surface area contributed by atoms with Crippen LogP contribution in [0.1, 0.15) is 44.9 Å². The Bertz CT molecular complexity index is 654. The average Bonchev–Trinajstić information content (AvgIpc) is 2.48. The number of sulfonamides is 1. The second kappa shape index (κ2) is 8.67. The summed E-state index contributed by atoms with van der Waals surface area (Å²) in [5.41, 5.74) is 1.39. The van der Waals surface area contributed by atoms with E-state index in [1.54, 1.807) is 19.2 Å². The number of hydrogen-bond donors (Lipinski definition) is 2. The Hall–Kier alpha value is -1.34. The highest BCUT2D eigenvalue weighted by Crippen LogP contribution is 2.21. The van der Waals surface area contributed by atoms with Crippen LogP contribution in [0.25, 0.3) is 0 Å². The van der Waals surface area contributed by atoms with Gasteiger partial charge in [-0.2, -0.15) is 0 Å². The van der Waals surface area contributed by atoms with E-state index in [2.05, 4.69) is 10.6 Å². The van der Waals surface area contributed by atoms with Crippen LogP contribution in [0, 0.1) is 0 Å². The van der Waals surface area contributed by atoms with E-state index in [0.29, 0.717) is 16.8 Å². The second-order valence-electron chi connectivity index (χ2n) is 6.42. The highest BCUT2D eigenvalue weighted by Gasteiger charge is 2.14. The van der Waals surface area contributed by atoms with Crippen molar-refractivity contribution in [2.75, 3.05) is 22.9 Å². The Labute approximate surface area is 150 Å². The number of rotatable bonds is 4. The summed E-state index contributed by atoms with van der Waals surface area (Å²) < 4.78 is 24.6. The predicted octanol–water partition coefficient (Wildman–Crippen LogP) is 3.48. The summed E-state index contributed by atoms with van der Waals surface area (Å²) in [4.78, 5) is 0. The van der Waals surface area contributed by atoms with E-state index in [4.69, 9.17) is 12.2 Å². The molecule has 2 N–H and O–H groups in total. The lowest BCUT2D eigenvalue weighted by Gasteiger charge is -2.23. The Morgan fingerprint density at radius 1 is 1.17 bits per heavy atom. The van der Waals surface area contributed by atoms with Crippen LogP contribution in [-0.4, -0.2) is 32.9 Å². The molecule has 0 saturated heterocycles. The van der Waals surface area contributed by atoms with Gasteiger partial charge in [0.1, 0.15) is 0 Å². The fourth-order valence-corrected chi connectivity index (χ4v) is 3.71. The van der Waals surface area contributed by atoms with Gasteiger partial charge in [-0.1, -0.05) is 38.2 Å². The van der Waals surface area contributed by atoms with Crippen molar-refractivity contribution in [2.24, 2.45) is 0 Å². The highest BCUT2D eigenvalue weighted by molar-refractivity contribution is 7.92. The Balaban J connectivity index is 1.96. The van der Waals surface area contributed by atoms with Crippen molar-refractivity contribution in [1.29, 1.82) is 0 Å². The number of anilines is 2. The van der Waals surface area contributed by atoms with Gasteiger partial charge in [-0.15, -0.1) is 0 Å². The van der Waals surface area contributed by atoms with E-state index in [1.165, 1.54) is 42.7 Å². The van der Waals surface area contributed by atoms with Crippen molar-refractivity contribution < 1.29 is 8.42 Å². The fraction of sp³-hybridized carbons (Fsp3) is 0.588. The molecule has 5 nitrogen and oxygen atoms in total. The highest BCUT2D eigenvalue weighted by atomic mass is 32.2. The smallest absolute Gasteiger partial charge is 0.231 e. The third-order valence-corrected chi connectivity index (χ3v) is 5.83. The van der Waals surface area contributed by atoms with E-state index >= 15 is 0 Å². The Morgan fingerprint density at radius 2 is 1.79 bits per heavy atom. The number of benzene rings is 1. The lowest BCUT2D eigenvalue weighted by molar-refractivity contribution is 0.430. The van der Waals surface area contributed by atoms with Gasteiger partial charge in [0, 0.05) is 18.8 Å². The summed E-state index contributed by atoms with van der Waals surface area (Å²) in [6.45, 7) is 0. The Morgan fingerprint density at radius 3 is 2.42 bits per heavy atom. The average molecular weight is 370 g/mol. The number of thiocarbonyl (C=S) groups is 1. The van der Waals surface area contributed by atoms with Gasteiger partial charge in [-0.05, 0) is 43.3 Å². The van der Waals surface area contributed by atoms with Crippen LogP contribution in [0.5, 0.6) is 0 Å². The molecule has 1 saturated carbocycles. The molecule has 0 unspecified atom stereocenters. The summed E-state index contributed by atoms with van der Waals surface area (Å²) in [6.07, 6.45) is 9.93. The van der Waals surface area contributed by atoms with Gasteiger partial charge < -0.3 is 10.6 Å². The molecule has 0 spiro atoms. The first-order valence-corrected chi connectivity index (χ1v) is 10.7. The maximum absolute atomic E-state index is 11.7. The van der Waals surface area contributed by atoms with Gasteiger partial charge in [-0.3, -0.25) is 4.31 Å². The van der Waals surface area contributed by atoms with Crippen molar-refractivity contribution in [3.63, 3.8) is 0 Å². The summed E-state index contributed by atoms with van der Waals surface area (Å²) in [7, 11) is -1.73. The monoisotopic (exact) mass is 369 g/mol. The van der Waals surface area contributed by atoms with E-state index in [0.717, 1.165) is 18.5 Å². The molecule has 0 radical (unpaired) electrons. The first-order valence-electron chi connectivity index (χ1n) is 8.48. The molecule has 134 valence electrons. The maximum atomic E-state index is 11.7. The van der Waals surface area contributed by atoms with Crippen LogP contribution < -0.4 is 14.9 Å². The molecular formula is C17H27N3O2S2. The molecule has 1 aromatic rings. The molecule has 7 heteroatoms. The minimum atomic E-state index is -3.27. The predicted molar refractivity (Wildman–Crippen MR) is 105 cm³/mol.